The summed E-state index contributed by atoms with van der Waals surface area (Å²) in [6.07, 6.45) is -0.914. The molecule has 1 atom stereocenters. The van der Waals surface area contributed by atoms with E-state index in [9.17, 15) is 9.59 Å². The maximum atomic E-state index is 11.9. The Bertz CT molecular complexity index is 561. The SMILES string of the molecule is CC(Oc1ccccc1C#N)C(=O)NC(C)(C)C(=O)O. The highest BCUT2D eigenvalue weighted by molar-refractivity contribution is 5.88. The van der Waals surface area contributed by atoms with Gasteiger partial charge in [-0.05, 0) is 32.9 Å². The third-order valence-electron chi connectivity index (χ3n) is 2.65. The number of carbonyl (C=O) groups excluding carboxylic acids is 1. The molecular formula is C14H16N2O4. The van der Waals surface area contributed by atoms with Crippen LogP contribution in [0.3, 0.4) is 0 Å². The zero-order chi connectivity index (χ0) is 15.3. The quantitative estimate of drug-likeness (QED) is 0.844. The molecule has 0 heterocycles. The van der Waals surface area contributed by atoms with E-state index < -0.39 is 23.5 Å². The summed E-state index contributed by atoms with van der Waals surface area (Å²) in [5, 5.41) is 20.2. The van der Waals surface area contributed by atoms with Crippen molar-refractivity contribution in [3.8, 4) is 11.8 Å². The fourth-order valence-corrected chi connectivity index (χ4v) is 1.37. The molecule has 1 aromatic carbocycles. The minimum Gasteiger partial charge on any atom is -0.480 e. The number of para-hydroxylation sites is 1. The molecule has 0 aromatic heterocycles. The minimum absolute atomic E-state index is 0.283. The Morgan fingerprint density at radius 2 is 2.00 bits per heavy atom. The lowest BCUT2D eigenvalue weighted by atomic mass is 10.1. The molecule has 0 saturated carbocycles. The van der Waals surface area contributed by atoms with Crippen LogP contribution < -0.4 is 10.1 Å². The summed E-state index contributed by atoms with van der Waals surface area (Å²) in [5.74, 6) is -1.42. The summed E-state index contributed by atoms with van der Waals surface area (Å²) >= 11 is 0. The van der Waals surface area contributed by atoms with Crippen molar-refractivity contribution in [1.82, 2.24) is 5.32 Å². The molecule has 2 N–H and O–H groups in total. The van der Waals surface area contributed by atoms with Gasteiger partial charge in [-0.25, -0.2) is 4.79 Å². The van der Waals surface area contributed by atoms with Crippen LogP contribution in [0.25, 0.3) is 0 Å². The van der Waals surface area contributed by atoms with Crippen molar-refractivity contribution < 1.29 is 19.4 Å². The van der Waals surface area contributed by atoms with Crippen molar-refractivity contribution in [2.75, 3.05) is 0 Å². The van der Waals surface area contributed by atoms with Crippen LogP contribution in [0.5, 0.6) is 5.75 Å². The molecule has 0 aliphatic rings. The third-order valence-corrected chi connectivity index (χ3v) is 2.65. The van der Waals surface area contributed by atoms with E-state index in [0.717, 1.165) is 0 Å². The lowest BCUT2D eigenvalue weighted by Crippen LogP contribution is -2.53. The first-order chi connectivity index (χ1) is 9.27. The van der Waals surface area contributed by atoms with Crippen LogP contribution in [0.1, 0.15) is 26.3 Å². The molecule has 1 rings (SSSR count). The maximum Gasteiger partial charge on any atom is 0.328 e. The summed E-state index contributed by atoms with van der Waals surface area (Å²) < 4.78 is 5.40. The number of carbonyl (C=O) groups is 2. The van der Waals surface area contributed by atoms with E-state index in [1.54, 1.807) is 24.3 Å². The van der Waals surface area contributed by atoms with E-state index in [2.05, 4.69) is 5.32 Å². The van der Waals surface area contributed by atoms with Gasteiger partial charge in [0.05, 0.1) is 5.56 Å². The highest BCUT2D eigenvalue weighted by atomic mass is 16.5. The number of nitrogens with zero attached hydrogens (tertiary/aromatic N) is 1. The summed E-state index contributed by atoms with van der Waals surface area (Å²) in [5.41, 5.74) is -1.08. The van der Waals surface area contributed by atoms with Gasteiger partial charge in [0.2, 0.25) is 0 Å². The summed E-state index contributed by atoms with van der Waals surface area (Å²) in [6, 6.07) is 8.47. The lowest BCUT2D eigenvalue weighted by molar-refractivity contribution is -0.147. The molecule has 1 aromatic rings. The fourth-order valence-electron chi connectivity index (χ4n) is 1.37. The summed E-state index contributed by atoms with van der Waals surface area (Å²) in [7, 11) is 0. The number of rotatable bonds is 5. The Balaban J connectivity index is 2.77. The van der Waals surface area contributed by atoms with Gasteiger partial charge in [-0.15, -0.1) is 0 Å². The fraction of sp³-hybridized carbons (Fsp3) is 0.357. The average molecular weight is 276 g/mol. The Hall–Kier alpha value is -2.55. The van der Waals surface area contributed by atoms with E-state index >= 15 is 0 Å². The van der Waals surface area contributed by atoms with Crippen LogP contribution in [0.2, 0.25) is 0 Å². The summed E-state index contributed by atoms with van der Waals surface area (Å²) in [4.78, 5) is 22.8. The topological polar surface area (TPSA) is 99.4 Å². The van der Waals surface area contributed by atoms with Gasteiger partial charge in [-0.3, -0.25) is 4.79 Å². The Labute approximate surface area is 117 Å². The third kappa shape index (κ3) is 3.72. The van der Waals surface area contributed by atoms with Crippen molar-refractivity contribution in [2.24, 2.45) is 0 Å². The molecule has 0 bridgehead atoms. The molecule has 0 aliphatic carbocycles. The molecule has 1 unspecified atom stereocenters. The number of ether oxygens (including phenoxy) is 1. The molecule has 0 fully saturated rings. The Morgan fingerprint density at radius 3 is 2.55 bits per heavy atom. The van der Waals surface area contributed by atoms with E-state index in [0.29, 0.717) is 5.56 Å². The van der Waals surface area contributed by atoms with E-state index in [-0.39, 0.29) is 5.75 Å². The molecule has 0 saturated heterocycles. The molecule has 106 valence electrons. The van der Waals surface area contributed by atoms with Gasteiger partial charge >= 0.3 is 5.97 Å². The first kappa shape index (κ1) is 15.5. The average Bonchev–Trinajstić information content (AvgIpc) is 2.38. The Kier molecular flexibility index (Phi) is 4.70. The second-order valence-corrected chi connectivity index (χ2v) is 4.79. The number of nitriles is 1. The number of nitrogens with one attached hydrogen (secondary N) is 1. The molecule has 0 spiro atoms. The smallest absolute Gasteiger partial charge is 0.328 e. The van der Waals surface area contributed by atoms with Crippen molar-refractivity contribution in [1.29, 1.82) is 5.26 Å². The zero-order valence-corrected chi connectivity index (χ0v) is 11.5. The Morgan fingerprint density at radius 1 is 1.40 bits per heavy atom. The molecule has 6 nitrogen and oxygen atoms in total. The normalized spacial score (nSPS) is 12.1. The second kappa shape index (κ2) is 6.06. The maximum absolute atomic E-state index is 11.9. The standard InChI is InChI=1S/C14H16N2O4/c1-9(12(17)16-14(2,3)13(18)19)20-11-7-5-4-6-10(11)8-15/h4-7,9H,1-3H3,(H,16,17)(H,18,19). The van der Waals surface area contributed by atoms with Crippen LogP contribution in [-0.2, 0) is 9.59 Å². The lowest BCUT2D eigenvalue weighted by Gasteiger charge is -2.23. The number of aliphatic carboxylic acids is 1. The number of carboxylic acid groups (broad SMARTS) is 1. The van der Waals surface area contributed by atoms with Crippen LogP contribution in [0.4, 0.5) is 0 Å². The number of benzene rings is 1. The van der Waals surface area contributed by atoms with Crippen molar-refractivity contribution in [2.45, 2.75) is 32.4 Å². The largest absolute Gasteiger partial charge is 0.480 e. The molecule has 1 amide bonds. The van der Waals surface area contributed by atoms with Gasteiger partial charge in [0.1, 0.15) is 17.4 Å². The number of hydrogen-bond acceptors (Lipinski definition) is 4. The minimum atomic E-state index is -1.39. The van der Waals surface area contributed by atoms with Crippen molar-refractivity contribution in [3.63, 3.8) is 0 Å². The molecule has 0 aliphatic heterocycles. The van der Waals surface area contributed by atoms with E-state index in [1.165, 1.54) is 20.8 Å². The van der Waals surface area contributed by atoms with Crippen molar-refractivity contribution >= 4 is 11.9 Å². The molecule has 20 heavy (non-hydrogen) atoms. The van der Waals surface area contributed by atoms with Crippen LogP contribution in [0.15, 0.2) is 24.3 Å². The van der Waals surface area contributed by atoms with Gasteiger partial charge in [0, 0.05) is 0 Å². The number of amides is 1. The highest BCUT2D eigenvalue weighted by Crippen LogP contribution is 2.18. The van der Waals surface area contributed by atoms with Gasteiger partial charge in [0.25, 0.3) is 5.91 Å². The first-order valence-corrected chi connectivity index (χ1v) is 5.99. The zero-order valence-electron chi connectivity index (χ0n) is 11.5. The molecular weight excluding hydrogens is 260 g/mol. The van der Waals surface area contributed by atoms with Crippen molar-refractivity contribution in [3.05, 3.63) is 29.8 Å². The molecule has 6 heteroatoms. The van der Waals surface area contributed by atoms with Crippen LogP contribution in [-0.4, -0.2) is 28.6 Å². The van der Waals surface area contributed by atoms with E-state index in [4.69, 9.17) is 15.1 Å². The predicted molar refractivity (Wildman–Crippen MR) is 71.1 cm³/mol. The first-order valence-electron chi connectivity index (χ1n) is 5.99. The van der Waals surface area contributed by atoms with E-state index in [1.807, 2.05) is 6.07 Å². The summed E-state index contributed by atoms with van der Waals surface area (Å²) in [6.45, 7) is 4.24. The second-order valence-electron chi connectivity index (χ2n) is 4.79. The van der Waals surface area contributed by atoms with Gasteiger partial charge in [0.15, 0.2) is 6.10 Å². The monoisotopic (exact) mass is 276 g/mol. The molecule has 0 radical (unpaired) electrons. The van der Waals surface area contributed by atoms with Crippen LogP contribution >= 0.6 is 0 Å². The van der Waals surface area contributed by atoms with Gasteiger partial charge in [-0.1, -0.05) is 12.1 Å². The van der Waals surface area contributed by atoms with Gasteiger partial charge < -0.3 is 15.2 Å². The van der Waals surface area contributed by atoms with Gasteiger partial charge in [-0.2, -0.15) is 5.26 Å². The number of carboxylic acids is 1. The van der Waals surface area contributed by atoms with Crippen LogP contribution in [0, 0.1) is 11.3 Å². The predicted octanol–water partition coefficient (Wildman–Crippen LogP) is 1.30. The highest BCUT2D eigenvalue weighted by Gasteiger charge is 2.31. The number of hydrogen-bond donors (Lipinski definition) is 2.